The average Bonchev–Trinajstić information content (AvgIpc) is 3.38. The van der Waals surface area contributed by atoms with Crippen LogP contribution in [0.2, 0.25) is 0 Å². The van der Waals surface area contributed by atoms with Crippen molar-refractivity contribution in [3.8, 4) is 17.2 Å². The minimum atomic E-state index is -0.0528. The Kier molecular flexibility index (Phi) is 5.57. The zero-order chi connectivity index (χ0) is 20.2. The van der Waals surface area contributed by atoms with Crippen molar-refractivity contribution >= 4 is 5.91 Å². The fourth-order valence-corrected chi connectivity index (χ4v) is 3.59. The molecule has 0 saturated carbocycles. The number of hydrogen-bond acceptors (Lipinski definition) is 6. The van der Waals surface area contributed by atoms with Crippen molar-refractivity contribution in [1.29, 1.82) is 0 Å². The summed E-state index contributed by atoms with van der Waals surface area (Å²) in [6.07, 6.45) is 0.893. The van der Waals surface area contributed by atoms with Gasteiger partial charge in [0, 0.05) is 30.3 Å². The second-order valence-corrected chi connectivity index (χ2v) is 7.26. The molecule has 1 fully saturated rings. The molecule has 1 saturated heterocycles. The van der Waals surface area contributed by atoms with Gasteiger partial charge in [-0.3, -0.25) is 9.69 Å². The van der Waals surface area contributed by atoms with E-state index in [9.17, 15) is 4.79 Å². The molecule has 0 aliphatic carbocycles. The summed E-state index contributed by atoms with van der Waals surface area (Å²) in [4.78, 5) is 19.4. The van der Waals surface area contributed by atoms with Gasteiger partial charge in [-0.05, 0) is 49.2 Å². The minimum absolute atomic E-state index is 0.0528. The van der Waals surface area contributed by atoms with Gasteiger partial charge in [0.1, 0.15) is 5.75 Å². The van der Waals surface area contributed by atoms with E-state index in [0.717, 1.165) is 36.4 Å². The Labute approximate surface area is 169 Å². The van der Waals surface area contributed by atoms with Gasteiger partial charge in [0.25, 0.3) is 11.8 Å². The summed E-state index contributed by atoms with van der Waals surface area (Å²) in [5.41, 5.74) is 2.49. The molecule has 0 unspecified atom stereocenters. The Balaban J connectivity index is 1.33. The van der Waals surface area contributed by atoms with Crippen LogP contribution in [0.25, 0.3) is 11.5 Å². The summed E-state index contributed by atoms with van der Waals surface area (Å²) in [5, 5.41) is 7.23. The van der Waals surface area contributed by atoms with E-state index in [-0.39, 0.29) is 11.9 Å². The lowest BCUT2D eigenvalue weighted by atomic mass is 10.1. The molecule has 1 aliphatic rings. The molecule has 1 aromatic heterocycles. The number of nitrogens with one attached hydrogen (secondary N) is 1. The van der Waals surface area contributed by atoms with Gasteiger partial charge in [0.2, 0.25) is 0 Å². The lowest BCUT2D eigenvalue weighted by Crippen LogP contribution is -2.37. The summed E-state index contributed by atoms with van der Waals surface area (Å²) in [7, 11) is 1.62. The second kappa shape index (κ2) is 8.45. The van der Waals surface area contributed by atoms with Crippen LogP contribution in [0, 0.1) is 6.92 Å². The van der Waals surface area contributed by atoms with Crippen molar-refractivity contribution in [2.24, 2.45) is 0 Å². The third-order valence-corrected chi connectivity index (χ3v) is 5.14. The molecule has 1 N–H and O–H groups in total. The third kappa shape index (κ3) is 4.46. The second-order valence-electron chi connectivity index (χ2n) is 7.26. The molecular weight excluding hydrogens is 368 g/mol. The number of rotatable bonds is 6. The number of ether oxygens (including phenoxy) is 1. The molecule has 1 aliphatic heterocycles. The Morgan fingerprint density at radius 2 is 2.10 bits per heavy atom. The zero-order valence-electron chi connectivity index (χ0n) is 16.6. The van der Waals surface area contributed by atoms with Crippen molar-refractivity contribution in [3.05, 3.63) is 65.5 Å². The normalized spacial score (nSPS) is 16.7. The van der Waals surface area contributed by atoms with Crippen LogP contribution in [0.15, 0.2) is 53.1 Å². The van der Waals surface area contributed by atoms with Crippen LogP contribution in [0.3, 0.4) is 0 Å². The number of nitrogens with zero attached hydrogens (tertiary/aromatic N) is 3. The van der Waals surface area contributed by atoms with Gasteiger partial charge in [0.15, 0.2) is 5.82 Å². The van der Waals surface area contributed by atoms with Crippen LogP contribution in [0.4, 0.5) is 0 Å². The lowest BCUT2D eigenvalue weighted by Gasteiger charge is -2.16. The third-order valence-electron chi connectivity index (χ3n) is 5.14. The zero-order valence-corrected chi connectivity index (χ0v) is 16.6. The number of aromatic nitrogens is 2. The summed E-state index contributed by atoms with van der Waals surface area (Å²) < 4.78 is 10.6. The van der Waals surface area contributed by atoms with Gasteiger partial charge in [-0.1, -0.05) is 23.4 Å². The molecule has 0 bridgehead atoms. The van der Waals surface area contributed by atoms with Crippen molar-refractivity contribution in [2.45, 2.75) is 25.9 Å². The van der Waals surface area contributed by atoms with Crippen molar-refractivity contribution in [1.82, 2.24) is 20.4 Å². The van der Waals surface area contributed by atoms with Gasteiger partial charge < -0.3 is 14.6 Å². The van der Waals surface area contributed by atoms with E-state index in [1.54, 1.807) is 13.2 Å². The van der Waals surface area contributed by atoms with Gasteiger partial charge >= 0.3 is 0 Å². The number of carbonyl (C=O) groups is 1. The van der Waals surface area contributed by atoms with E-state index in [1.807, 2.05) is 49.4 Å². The molecular formula is C22H24N4O3. The van der Waals surface area contributed by atoms with Crippen LogP contribution in [0.1, 0.15) is 28.2 Å². The van der Waals surface area contributed by atoms with Crippen molar-refractivity contribution in [2.75, 3.05) is 20.2 Å². The first-order valence-corrected chi connectivity index (χ1v) is 9.68. The van der Waals surface area contributed by atoms with Crippen LogP contribution >= 0.6 is 0 Å². The number of aryl methyl sites for hydroxylation is 1. The largest absolute Gasteiger partial charge is 0.497 e. The number of amides is 1. The summed E-state index contributed by atoms with van der Waals surface area (Å²) in [6, 6.07) is 15.3. The molecule has 1 amide bonds. The monoisotopic (exact) mass is 392 g/mol. The van der Waals surface area contributed by atoms with Gasteiger partial charge in [-0.2, -0.15) is 4.98 Å². The minimum Gasteiger partial charge on any atom is -0.497 e. The quantitative estimate of drug-likeness (QED) is 0.694. The molecule has 3 aromatic rings. The number of methoxy groups -OCH3 is 1. The molecule has 7 nitrogen and oxygen atoms in total. The summed E-state index contributed by atoms with van der Waals surface area (Å²) in [5.74, 6) is 1.88. The van der Waals surface area contributed by atoms with Crippen molar-refractivity contribution < 1.29 is 14.1 Å². The van der Waals surface area contributed by atoms with Crippen LogP contribution in [0.5, 0.6) is 5.75 Å². The highest BCUT2D eigenvalue weighted by Gasteiger charge is 2.26. The maximum atomic E-state index is 12.6. The molecule has 150 valence electrons. The Bertz CT molecular complexity index is 987. The standard InChI is InChI=1S/C22H24N4O3/c1-15-12-18(28-2)8-9-19(15)21(27)23-17-10-11-26(13-17)14-20-24-22(29-25-20)16-6-4-3-5-7-16/h3-9,12,17H,10-11,13-14H2,1-2H3,(H,23,27)/t17-/m0/s1. The molecule has 2 heterocycles. The van der Waals surface area contributed by atoms with E-state index >= 15 is 0 Å². The molecule has 7 heteroatoms. The van der Waals surface area contributed by atoms with Gasteiger partial charge in [-0.15, -0.1) is 0 Å². The number of carbonyl (C=O) groups excluding carboxylic acids is 1. The SMILES string of the molecule is COc1ccc(C(=O)N[C@H]2CCN(Cc3noc(-c4ccccc4)n3)C2)c(C)c1. The predicted molar refractivity (Wildman–Crippen MR) is 109 cm³/mol. The first kappa shape index (κ1) is 19.1. The van der Waals surface area contributed by atoms with Crippen molar-refractivity contribution in [3.63, 3.8) is 0 Å². The maximum Gasteiger partial charge on any atom is 0.257 e. The fraction of sp³-hybridized carbons (Fsp3) is 0.318. The molecule has 29 heavy (non-hydrogen) atoms. The van der Waals surface area contributed by atoms with Gasteiger partial charge in [0.05, 0.1) is 13.7 Å². The Morgan fingerprint density at radius 3 is 2.86 bits per heavy atom. The topological polar surface area (TPSA) is 80.5 Å². The Morgan fingerprint density at radius 1 is 1.28 bits per heavy atom. The Hall–Kier alpha value is -3.19. The number of benzene rings is 2. The van der Waals surface area contributed by atoms with Crippen LogP contribution < -0.4 is 10.1 Å². The van der Waals surface area contributed by atoms with E-state index in [4.69, 9.17) is 9.26 Å². The highest BCUT2D eigenvalue weighted by atomic mass is 16.5. The molecule has 0 radical (unpaired) electrons. The molecule has 2 aromatic carbocycles. The average molecular weight is 392 g/mol. The highest BCUT2D eigenvalue weighted by Crippen LogP contribution is 2.20. The molecule has 1 atom stereocenters. The maximum absolute atomic E-state index is 12.6. The number of hydrogen-bond donors (Lipinski definition) is 1. The molecule has 0 spiro atoms. The lowest BCUT2D eigenvalue weighted by molar-refractivity contribution is 0.0937. The summed E-state index contributed by atoms with van der Waals surface area (Å²) in [6.45, 7) is 4.15. The van der Waals surface area contributed by atoms with E-state index in [0.29, 0.717) is 23.8 Å². The first-order chi connectivity index (χ1) is 14.1. The van der Waals surface area contributed by atoms with E-state index < -0.39 is 0 Å². The van der Waals surface area contributed by atoms with E-state index in [2.05, 4.69) is 20.4 Å². The smallest absolute Gasteiger partial charge is 0.257 e. The molecule has 4 rings (SSSR count). The summed E-state index contributed by atoms with van der Waals surface area (Å²) >= 11 is 0. The van der Waals surface area contributed by atoms with Crippen LogP contribution in [-0.2, 0) is 6.54 Å². The van der Waals surface area contributed by atoms with E-state index in [1.165, 1.54) is 0 Å². The number of likely N-dealkylation sites (tertiary alicyclic amines) is 1. The van der Waals surface area contributed by atoms with Gasteiger partial charge in [-0.25, -0.2) is 0 Å². The highest BCUT2D eigenvalue weighted by molar-refractivity contribution is 5.96. The fourth-order valence-electron chi connectivity index (χ4n) is 3.59. The van der Waals surface area contributed by atoms with Crippen LogP contribution in [-0.4, -0.2) is 47.2 Å². The first-order valence-electron chi connectivity index (χ1n) is 9.68. The predicted octanol–water partition coefficient (Wildman–Crippen LogP) is 3.06.